The minimum atomic E-state index is -2.84. The lowest BCUT2D eigenvalue weighted by molar-refractivity contribution is -0.00340. The maximum Gasteiger partial charge on any atom is 0.265 e. The number of nitrogens with one attached hydrogen (secondary N) is 1. The molecule has 1 aromatic carbocycles. The largest absolute Gasteiger partial charge is 0.409 e. The Morgan fingerprint density at radius 1 is 1.42 bits per heavy atom. The van der Waals surface area contributed by atoms with Crippen molar-refractivity contribution < 1.29 is 23.5 Å². The molecule has 1 aromatic rings. The number of hydrogen-bond donors (Lipinski definition) is 4. The second-order valence-corrected chi connectivity index (χ2v) is 3.82. The molecular formula is C11H14F3N3O2. The van der Waals surface area contributed by atoms with Gasteiger partial charge in [0.1, 0.15) is 11.9 Å². The summed E-state index contributed by atoms with van der Waals surface area (Å²) in [4.78, 5) is 0. The van der Waals surface area contributed by atoms with Gasteiger partial charge >= 0.3 is 0 Å². The van der Waals surface area contributed by atoms with Crippen LogP contribution in [0.25, 0.3) is 0 Å². The molecule has 5 nitrogen and oxygen atoms in total. The number of hydrogen-bond acceptors (Lipinski definition) is 4. The first-order valence-corrected chi connectivity index (χ1v) is 5.39. The molecule has 0 amide bonds. The molecule has 8 heteroatoms. The van der Waals surface area contributed by atoms with Crippen LogP contribution in [0.3, 0.4) is 0 Å². The topological polar surface area (TPSA) is 90.9 Å². The molecule has 1 unspecified atom stereocenters. The average molecular weight is 277 g/mol. The second kappa shape index (κ2) is 6.95. The van der Waals surface area contributed by atoms with Gasteiger partial charge in [0.2, 0.25) is 0 Å². The van der Waals surface area contributed by atoms with E-state index in [1.54, 1.807) is 0 Å². The molecule has 1 atom stereocenters. The summed E-state index contributed by atoms with van der Waals surface area (Å²) in [7, 11) is 0. The number of benzene rings is 1. The number of aliphatic hydroxyl groups is 1. The van der Waals surface area contributed by atoms with Gasteiger partial charge in [-0.05, 0) is 17.7 Å². The van der Waals surface area contributed by atoms with E-state index in [0.717, 1.165) is 12.1 Å². The Bertz CT molecular complexity index is 455. The van der Waals surface area contributed by atoms with Crippen LogP contribution in [0.5, 0.6) is 0 Å². The monoisotopic (exact) mass is 277 g/mol. The average Bonchev–Trinajstić information content (AvgIpc) is 2.39. The summed E-state index contributed by atoms with van der Waals surface area (Å²) in [5, 5.41) is 22.8. The predicted molar refractivity (Wildman–Crippen MR) is 62.6 cm³/mol. The van der Waals surface area contributed by atoms with Gasteiger partial charge in [-0.3, -0.25) is 0 Å². The first kappa shape index (κ1) is 15.3. The van der Waals surface area contributed by atoms with Crippen LogP contribution in [0, 0.1) is 5.82 Å². The Hall–Kier alpha value is -1.80. The number of oxime groups is 1. The highest BCUT2D eigenvalue weighted by Gasteiger charge is 2.16. The number of nitrogens with two attached hydrogens (primary N) is 1. The van der Waals surface area contributed by atoms with Crippen molar-refractivity contribution in [3.8, 4) is 0 Å². The zero-order chi connectivity index (χ0) is 14.4. The van der Waals surface area contributed by atoms with Crippen LogP contribution in [-0.4, -0.2) is 35.2 Å². The number of alkyl halides is 2. The van der Waals surface area contributed by atoms with Crippen molar-refractivity contribution >= 4 is 5.84 Å². The third kappa shape index (κ3) is 4.42. The zero-order valence-corrected chi connectivity index (χ0v) is 9.85. The number of halogens is 3. The van der Waals surface area contributed by atoms with Crippen LogP contribution in [0.15, 0.2) is 23.4 Å². The normalized spacial score (nSPS) is 13.8. The Labute approximate surface area is 107 Å². The summed E-state index contributed by atoms with van der Waals surface area (Å²) in [6.45, 7) is -0.264. The number of amidine groups is 1. The molecule has 0 aliphatic heterocycles. The van der Waals surface area contributed by atoms with Gasteiger partial charge in [-0.25, -0.2) is 13.2 Å². The Balaban J connectivity index is 2.73. The fourth-order valence-corrected chi connectivity index (χ4v) is 1.44. The lowest BCUT2D eigenvalue weighted by Crippen LogP contribution is -2.32. The van der Waals surface area contributed by atoms with Crippen LogP contribution in [-0.2, 0) is 6.54 Å². The summed E-state index contributed by atoms with van der Waals surface area (Å²) < 4.78 is 37.2. The number of aliphatic hydroxyl groups excluding tert-OH is 1. The van der Waals surface area contributed by atoms with Crippen molar-refractivity contribution in [2.45, 2.75) is 19.1 Å². The van der Waals surface area contributed by atoms with Gasteiger partial charge in [0.15, 0.2) is 5.84 Å². The molecule has 19 heavy (non-hydrogen) atoms. The summed E-state index contributed by atoms with van der Waals surface area (Å²) in [5.74, 6) is -0.858. The Morgan fingerprint density at radius 2 is 2.11 bits per heavy atom. The fourth-order valence-electron chi connectivity index (χ4n) is 1.44. The van der Waals surface area contributed by atoms with Crippen molar-refractivity contribution in [1.29, 1.82) is 0 Å². The second-order valence-electron chi connectivity index (χ2n) is 3.82. The molecule has 5 N–H and O–H groups in total. The lowest BCUT2D eigenvalue weighted by Gasteiger charge is -2.12. The van der Waals surface area contributed by atoms with Crippen molar-refractivity contribution in [2.75, 3.05) is 6.54 Å². The number of nitrogens with zero attached hydrogens (tertiary/aromatic N) is 1. The van der Waals surface area contributed by atoms with Gasteiger partial charge < -0.3 is 21.4 Å². The lowest BCUT2D eigenvalue weighted by atomic mass is 10.1. The zero-order valence-electron chi connectivity index (χ0n) is 9.85. The maximum atomic E-state index is 13.0. The van der Waals surface area contributed by atoms with E-state index in [1.807, 2.05) is 0 Å². The molecule has 1 rings (SSSR count). The SMILES string of the molecule is N/C(=N/O)c1cc(F)ccc1CNCC(O)C(F)F. The fraction of sp³-hybridized carbons (Fsp3) is 0.364. The first-order chi connectivity index (χ1) is 8.95. The highest BCUT2D eigenvalue weighted by Crippen LogP contribution is 2.11. The van der Waals surface area contributed by atoms with Crippen LogP contribution in [0.2, 0.25) is 0 Å². The van der Waals surface area contributed by atoms with E-state index in [9.17, 15) is 13.2 Å². The molecule has 0 heterocycles. The summed E-state index contributed by atoms with van der Waals surface area (Å²) >= 11 is 0. The van der Waals surface area contributed by atoms with Gasteiger partial charge in [0, 0.05) is 18.7 Å². The highest BCUT2D eigenvalue weighted by atomic mass is 19.3. The maximum absolute atomic E-state index is 13.0. The van der Waals surface area contributed by atoms with E-state index < -0.39 is 18.3 Å². The third-order valence-electron chi connectivity index (χ3n) is 2.42. The van der Waals surface area contributed by atoms with E-state index in [-0.39, 0.29) is 24.5 Å². The van der Waals surface area contributed by atoms with Crippen molar-refractivity contribution in [1.82, 2.24) is 5.32 Å². The van der Waals surface area contributed by atoms with Gasteiger partial charge in [0.05, 0.1) is 0 Å². The van der Waals surface area contributed by atoms with Gasteiger partial charge in [0.25, 0.3) is 6.43 Å². The molecule has 106 valence electrons. The van der Waals surface area contributed by atoms with E-state index in [4.69, 9.17) is 16.0 Å². The van der Waals surface area contributed by atoms with Crippen molar-refractivity contribution in [2.24, 2.45) is 10.9 Å². The molecular weight excluding hydrogens is 263 g/mol. The van der Waals surface area contributed by atoms with E-state index in [1.165, 1.54) is 6.07 Å². The minimum Gasteiger partial charge on any atom is -0.409 e. The molecule has 0 saturated carbocycles. The van der Waals surface area contributed by atoms with Gasteiger partial charge in [-0.15, -0.1) is 0 Å². The summed E-state index contributed by atoms with van der Waals surface area (Å²) in [6.07, 6.45) is -4.63. The van der Waals surface area contributed by atoms with E-state index in [0.29, 0.717) is 5.56 Å². The third-order valence-corrected chi connectivity index (χ3v) is 2.42. The van der Waals surface area contributed by atoms with Crippen molar-refractivity contribution in [3.05, 3.63) is 35.1 Å². The number of rotatable bonds is 6. The molecule has 0 spiro atoms. The standard InChI is InChI=1S/C11H14F3N3O2/c12-7-2-1-6(8(3-7)11(15)17-19)4-16-5-9(18)10(13)14/h1-3,9-10,16,18-19H,4-5H2,(H2,15,17). The minimum absolute atomic E-state index is 0.0651. The Morgan fingerprint density at radius 3 is 2.68 bits per heavy atom. The van der Waals surface area contributed by atoms with Gasteiger partial charge in [-0.1, -0.05) is 11.2 Å². The highest BCUT2D eigenvalue weighted by molar-refractivity contribution is 5.98. The van der Waals surface area contributed by atoms with Crippen LogP contribution in [0.4, 0.5) is 13.2 Å². The smallest absolute Gasteiger partial charge is 0.265 e. The van der Waals surface area contributed by atoms with Gasteiger partial charge in [-0.2, -0.15) is 0 Å². The first-order valence-electron chi connectivity index (χ1n) is 5.39. The van der Waals surface area contributed by atoms with E-state index >= 15 is 0 Å². The van der Waals surface area contributed by atoms with Crippen LogP contribution < -0.4 is 11.1 Å². The quantitative estimate of drug-likeness (QED) is 0.266. The predicted octanol–water partition coefficient (Wildman–Crippen LogP) is 0.636. The molecule has 0 saturated heterocycles. The molecule has 0 aromatic heterocycles. The molecule has 0 radical (unpaired) electrons. The molecule has 0 fully saturated rings. The van der Waals surface area contributed by atoms with Crippen LogP contribution in [0.1, 0.15) is 11.1 Å². The molecule has 0 bridgehead atoms. The Kier molecular flexibility index (Phi) is 5.58. The van der Waals surface area contributed by atoms with E-state index in [2.05, 4.69) is 10.5 Å². The molecule has 0 aliphatic rings. The van der Waals surface area contributed by atoms with Crippen molar-refractivity contribution in [3.63, 3.8) is 0 Å². The molecule has 0 aliphatic carbocycles. The summed E-state index contributed by atoms with van der Waals surface area (Å²) in [5.41, 5.74) is 5.99. The van der Waals surface area contributed by atoms with Crippen LogP contribution >= 0.6 is 0 Å². The summed E-state index contributed by atoms with van der Waals surface area (Å²) in [6, 6.07) is 3.61.